The molecule has 1 aliphatic heterocycles. The number of amides is 2. The van der Waals surface area contributed by atoms with Crippen LogP contribution in [0.25, 0.3) is 0 Å². The van der Waals surface area contributed by atoms with Gasteiger partial charge >= 0.3 is 0 Å². The number of H-pyrrole nitrogens is 1. The maximum atomic E-state index is 12.3. The number of carbonyl (C=O) groups excluding carboxylic acids is 2. The van der Waals surface area contributed by atoms with Crippen LogP contribution in [0.15, 0.2) is 35.1 Å². The van der Waals surface area contributed by atoms with Crippen LogP contribution in [-0.4, -0.2) is 46.5 Å². The van der Waals surface area contributed by atoms with Gasteiger partial charge in [-0.15, -0.1) is 0 Å². The minimum Gasteiger partial charge on any atom is -0.459 e. The van der Waals surface area contributed by atoms with Crippen molar-refractivity contribution in [2.45, 2.75) is 12.8 Å². The Kier molecular flexibility index (Phi) is 4.22. The lowest BCUT2D eigenvalue weighted by atomic mass is 9.97. The molecule has 0 aromatic carbocycles. The number of aromatic amines is 1. The highest BCUT2D eigenvalue weighted by Gasteiger charge is 2.25. The van der Waals surface area contributed by atoms with Crippen molar-refractivity contribution in [1.29, 1.82) is 0 Å². The van der Waals surface area contributed by atoms with Crippen molar-refractivity contribution >= 4 is 11.8 Å². The molecule has 3 rings (SSSR count). The Labute approximate surface area is 127 Å². The van der Waals surface area contributed by atoms with Gasteiger partial charge in [0.1, 0.15) is 5.69 Å². The van der Waals surface area contributed by atoms with Gasteiger partial charge in [0.15, 0.2) is 5.76 Å². The quantitative estimate of drug-likeness (QED) is 0.890. The molecule has 1 saturated heterocycles. The van der Waals surface area contributed by atoms with E-state index >= 15 is 0 Å². The van der Waals surface area contributed by atoms with Crippen molar-refractivity contribution < 1.29 is 14.0 Å². The topological polar surface area (TPSA) is 91.2 Å². The zero-order valence-corrected chi connectivity index (χ0v) is 12.1. The zero-order valence-electron chi connectivity index (χ0n) is 12.1. The average Bonchev–Trinajstić information content (AvgIpc) is 3.25. The predicted octanol–water partition coefficient (Wildman–Crippen LogP) is 1.28. The van der Waals surface area contributed by atoms with Crippen LogP contribution in [-0.2, 0) is 0 Å². The Morgan fingerprint density at radius 2 is 2.36 bits per heavy atom. The molecule has 2 aromatic heterocycles. The van der Waals surface area contributed by atoms with Gasteiger partial charge in [-0.2, -0.15) is 5.10 Å². The lowest BCUT2D eigenvalue weighted by Gasteiger charge is -2.32. The van der Waals surface area contributed by atoms with E-state index in [0.717, 1.165) is 19.4 Å². The van der Waals surface area contributed by atoms with E-state index in [4.69, 9.17) is 4.42 Å². The molecule has 3 heterocycles. The Hall–Kier alpha value is -2.57. The molecule has 22 heavy (non-hydrogen) atoms. The highest BCUT2D eigenvalue weighted by atomic mass is 16.3. The standard InChI is InChI=1S/C15H18N4O3/c20-14(13-4-2-8-22-13)16-9-11-3-1-7-19(10-11)15(21)12-5-6-17-18-12/h2,4-6,8,11H,1,3,7,9-10H2,(H,16,20)(H,17,18)/t11-/m0/s1. The van der Waals surface area contributed by atoms with Gasteiger partial charge in [0.2, 0.25) is 0 Å². The van der Waals surface area contributed by atoms with Crippen molar-refractivity contribution in [3.05, 3.63) is 42.1 Å². The summed E-state index contributed by atoms with van der Waals surface area (Å²) in [6.45, 7) is 1.91. The number of furan rings is 1. The average molecular weight is 302 g/mol. The summed E-state index contributed by atoms with van der Waals surface area (Å²) in [4.78, 5) is 25.9. The number of nitrogens with zero attached hydrogens (tertiary/aromatic N) is 2. The van der Waals surface area contributed by atoms with E-state index in [1.807, 2.05) is 0 Å². The van der Waals surface area contributed by atoms with E-state index in [1.54, 1.807) is 29.3 Å². The minimum atomic E-state index is -0.220. The Morgan fingerprint density at radius 1 is 1.45 bits per heavy atom. The van der Waals surface area contributed by atoms with Crippen molar-refractivity contribution in [2.75, 3.05) is 19.6 Å². The number of hydrogen-bond donors (Lipinski definition) is 2. The summed E-state index contributed by atoms with van der Waals surface area (Å²) < 4.78 is 5.06. The molecule has 7 nitrogen and oxygen atoms in total. The van der Waals surface area contributed by atoms with Gasteiger partial charge in [0, 0.05) is 25.8 Å². The van der Waals surface area contributed by atoms with E-state index in [9.17, 15) is 9.59 Å². The van der Waals surface area contributed by atoms with Crippen LogP contribution in [0.3, 0.4) is 0 Å². The van der Waals surface area contributed by atoms with Gasteiger partial charge < -0.3 is 14.6 Å². The first-order valence-corrected chi connectivity index (χ1v) is 7.34. The normalized spacial score (nSPS) is 18.2. The molecule has 0 bridgehead atoms. The summed E-state index contributed by atoms with van der Waals surface area (Å²) in [5, 5.41) is 9.36. The Morgan fingerprint density at radius 3 is 3.09 bits per heavy atom. The summed E-state index contributed by atoms with van der Waals surface area (Å²) in [6.07, 6.45) is 4.96. The summed E-state index contributed by atoms with van der Waals surface area (Å²) in [5.74, 6) is 0.294. The van der Waals surface area contributed by atoms with Crippen LogP contribution in [0.4, 0.5) is 0 Å². The predicted molar refractivity (Wildman–Crippen MR) is 78.3 cm³/mol. The molecule has 7 heteroatoms. The summed E-state index contributed by atoms with van der Waals surface area (Å²) >= 11 is 0. The highest BCUT2D eigenvalue weighted by Crippen LogP contribution is 2.17. The fraction of sp³-hybridized carbons (Fsp3) is 0.400. The molecule has 1 atom stereocenters. The smallest absolute Gasteiger partial charge is 0.286 e. The molecule has 0 aliphatic carbocycles. The van der Waals surface area contributed by atoms with Crippen LogP contribution in [0.5, 0.6) is 0 Å². The molecule has 1 fully saturated rings. The Bertz CT molecular complexity index is 621. The third-order valence-corrected chi connectivity index (χ3v) is 3.83. The van der Waals surface area contributed by atoms with Crippen molar-refractivity contribution in [1.82, 2.24) is 20.4 Å². The van der Waals surface area contributed by atoms with Crippen molar-refractivity contribution in [3.8, 4) is 0 Å². The third-order valence-electron chi connectivity index (χ3n) is 3.83. The summed E-state index contributed by atoms with van der Waals surface area (Å²) in [6, 6.07) is 4.98. The maximum absolute atomic E-state index is 12.3. The van der Waals surface area contributed by atoms with Gasteiger partial charge in [-0.25, -0.2) is 0 Å². The lowest BCUT2D eigenvalue weighted by Crippen LogP contribution is -2.43. The molecule has 1 aliphatic rings. The van der Waals surface area contributed by atoms with Crippen LogP contribution in [0.2, 0.25) is 0 Å². The molecular formula is C15H18N4O3. The Balaban J connectivity index is 1.52. The maximum Gasteiger partial charge on any atom is 0.286 e. The monoisotopic (exact) mass is 302 g/mol. The highest BCUT2D eigenvalue weighted by molar-refractivity contribution is 5.92. The first kappa shape index (κ1) is 14.4. The molecule has 116 valence electrons. The zero-order chi connectivity index (χ0) is 15.4. The first-order valence-electron chi connectivity index (χ1n) is 7.34. The molecule has 2 aromatic rings. The molecule has 0 saturated carbocycles. The van der Waals surface area contributed by atoms with Gasteiger partial charge in [0.05, 0.1) is 6.26 Å². The second kappa shape index (κ2) is 6.46. The summed E-state index contributed by atoms with van der Waals surface area (Å²) in [5.41, 5.74) is 0.500. The number of aromatic nitrogens is 2. The molecule has 0 unspecified atom stereocenters. The number of piperidine rings is 1. The van der Waals surface area contributed by atoms with Crippen LogP contribution < -0.4 is 5.32 Å². The van der Waals surface area contributed by atoms with E-state index in [1.165, 1.54) is 6.26 Å². The number of rotatable bonds is 4. The van der Waals surface area contributed by atoms with Crippen molar-refractivity contribution in [2.24, 2.45) is 5.92 Å². The second-order valence-corrected chi connectivity index (χ2v) is 5.42. The van der Waals surface area contributed by atoms with E-state index < -0.39 is 0 Å². The van der Waals surface area contributed by atoms with Crippen LogP contribution in [0, 0.1) is 5.92 Å². The fourth-order valence-electron chi connectivity index (χ4n) is 2.69. The van der Waals surface area contributed by atoms with Crippen LogP contribution >= 0.6 is 0 Å². The molecule has 0 radical (unpaired) electrons. The van der Waals surface area contributed by atoms with Gasteiger partial charge in [-0.3, -0.25) is 14.7 Å². The molecule has 0 spiro atoms. The number of carbonyl (C=O) groups is 2. The number of nitrogens with one attached hydrogen (secondary N) is 2. The SMILES string of the molecule is O=C(NC[C@@H]1CCCN(C(=O)c2ccn[nH]2)C1)c1ccco1. The van der Waals surface area contributed by atoms with Gasteiger partial charge in [-0.1, -0.05) is 0 Å². The number of hydrogen-bond acceptors (Lipinski definition) is 4. The van der Waals surface area contributed by atoms with Gasteiger partial charge in [0.25, 0.3) is 11.8 Å². The largest absolute Gasteiger partial charge is 0.459 e. The second-order valence-electron chi connectivity index (χ2n) is 5.42. The van der Waals surface area contributed by atoms with Gasteiger partial charge in [-0.05, 0) is 37.0 Å². The minimum absolute atomic E-state index is 0.0421. The summed E-state index contributed by atoms with van der Waals surface area (Å²) in [7, 11) is 0. The first-order chi connectivity index (χ1) is 10.7. The third kappa shape index (κ3) is 3.19. The fourth-order valence-corrected chi connectivity index (χ4v) is 2.69. The van der Waals surface area contributed by atoms with E-state index in [2.05, 4.69) is 15.5 Å². The van der Waals surface area contributed by atoms with E-state index in [0.29, 0.717) is 24.5 Å². The van der Waals surface area contributed by atoms with E-state index in [-0.39, 0.29) is 17.7 Å². The number of likely N-dealkylation sites (tertiary alicyclic amines) is 1. The lowest BCUT2D eigenvalue weighted by molar-refractivity contribution is 0.0664. The van der Waals surface area contributed by atoms with Crippen molar-refractivity contribution in [3.63, 3.8) is 0 Å². The molecule has 2 amide bonds. The molecular weight excluding hydrogens is 284 g/mol. The van der Waals surface area contributed by atoms with Crippen LogP contribution in [0.1, 0.15) is 33.9 Å². The molecule has 2 N–H and O–H groups in total.